The molecule has 104 valence electrons. The van der Waals surface area contributed by atoms with Gasteiger partial charge in [0.15, 0.2) is 0 Å². The molecule has 0 atom stereocenters. The van der Waals surface area contributed by atoms with Crippen LogP contribution in [0.1, 0.15) is 11.3 Å². The predicted molar refractivity (Wildman–Crippen MR) is 75.7 cm³/mol. The number of thiophene rings is 1. The van der Waals surface area contributed by atoms with E-state index in [9.17, 15) is 8.42 Å². The van der Waals surface area contributed by atoms with Crippen LogP contribution in [-0.2, 0) is 21.3 Å². The fourth-order valence-electron chi connectivity index (χ4n) is 1.45. The largest absolute Gasteiger partial charge is 0.383 e. The molecule has 0 fully saturated rings. The van der Waals surface area contributed by atoms with Crippen LogP contribution in [0.15, 0.2) is 17.5 Å². The van der Waals surface area contributed by atoms with Gasteiger partial charge in [0.1, 0.15) is 0 Å². The molecule has 18 heavy (non-hydrogen) atoms. The Labute approximate surface area is 118 Å². The van der Waals surface area contributed by atoms with Gasteiger partial charge in [0, 0.05) is 31.0 Å². The van der Waals surface area contributed by atoms with Crippen molar-refractivity contribution in [1.82, 2.24) is 4.31 Å². The number of hydrogen-bond donors (Lipinski definition) is 0. The Balaban J connectivity index is 2.70. The zero-order valence-corrected chi connectivity index (χ0v) is 12.7. The fourth-order valence-corrected chi connectivity index (χ4v) is 4.00. The Bertz CT molecular complexity index is 420. The standard InChI is InChI=1S/C11H18ClNO3S2/c1-16-7-6-13(10-11-4-2-8-17-11)18(14,15)9-3-5-12/h2,4,8H,3,5-7,9-10H2,1H3. The first-order valence-electron chi connectivity index (χ1n) is 5.65. The van der Waals surface area contributed by atoms with Gasteiger partial charge in [0.2, 0.25) is 10.0 Å². The lowest BCUT2D eigenvalue weighted by Gasteiger charge is -2.21. The van der Waals surface area contributed by atoms with Crippen molar-refractivity contribution in [3.05, 3.63) is 22.4 Å². The van der Waals surface area contributed by atoms with Crippen molar-refractivity contribution in [2.75, 3.05) is 31.9 Å². The number of rotatable bonds is 9. The molecular weight excluding hydrogens is 294 g/mol. The molecule has 1 aromatic heterocycles. The van der Waals surface area contributed by atoms with Crippen LogP contribution >= 0.6 is 22.9 Å². The summed E-state index contributed by atoms with van der Waals surface area (Å²) in [5, 5.41) is 1.94. The molecule has 0 aliphatic carbocycles. The highest BCUT2D eigenvalue weighted by molar-refractivity contribution is 7.89. The molecule has 0 spiro atoms. The lowest BCUT2D eigenvalue weighted by Crippen LogP contribution is -2.35. The van der Waals surface area contributed by atoms with E-state index in [0.717, 1.165) is 4.88 Å². The molecule has 0 amide bonds. The lowest BCUT2D eigenvalue weighted by atomic mass is 10.4. The molecule has 1 heterocycles. The maximum absolute atomic E-state index is 12.1. The van der Waals surface area contributed by atoms with Crippen molar-refractivity contribution in [3.63, 3.8) is 0 Å². The van der Waals surface area contributed by atoms with Gasteiger partial charge < -0.3 is 4.74 Å². The highest BCUT2D eigenvalue weighted by atomic mass is 35.5. The molecule has 0 saturated heterocycles. The molecule has 0 aliphatic rings. The summed E-state index contributed by atoms with van der Waals surface area (Å²) in [5.41, 5.74) is 0. The summed E-state index contributed by atoms with van der Waals surface area (Å²) in [6, 6.07) is 3.85. The smallest absolute Gasteiger partial charge is 0.214 e. The van der Waals surface area contributed by atoms with Gasteiger partial charge in [0.25, 0.3) is 0 Å². The molecule has 0 aliphatic heterocycles. The maximum atomic E-state index is 12.1. The van der Waals surface area contributed by atoms with Gasteiger partial charge in [-0.25, -0.2) is 8.42 Å². The number of methoxy groups -OCH3 is 1. The van der Waals surface area contributed by atoms with Gasteiger partial charge >= 0.3 is 0 Å². The maximum Gasteiger partial charge on any atom is 0.214 e. The Morgan fingerprint density at radius 3 is 2.83 bits per heavy atom. The second kappa shape index (κ2) is 8.12. The zero-order valence-electron chi connectivity index (χ0n) is 10.3. The quantitative estimate of drug-likeness (QED) is 0.657. The van der Waals surface area contributed by atoms with Crippen molar-refractivity contribution < 1.29 is 13.2 Å². The van der Waals surface area contributed by atoms with E-state index in [1.807, 2.05) is 17.5 Å². The third-order valence-electron chi connectivity index (χ3n) is 2.39. The van der Waals surface area contributed by atoms with Crippen LogP contribution < -0.4 is 0 Å². The van der Waals surface area contributed by atoms with Gasteiger partial charge in [0.05, 0.1) is 12.4 Å². The van der Waals surface area contributed by atoms with Crippen molar-refractivity contribution >= 4 is 33.0 Å². The van der Waals surface area contributed by atoms with E-state index >= 15 is 0 Å². The molecule has 0 aromatic carbocycles. The van der Waals surface area contributed by atoms with Gasteiger partial charge in [-0.05, 0) is 17.9 Å². The topological polar surface area (TPSA) is 46.6 Å². The molecule has 1 rings (SSSR count). The summed E-state index contributed by atoms with van der Waals surface area (Å²) in [4.78, 5) is 1.03. The molecule has 0 unspecified atom stereocenters. The van der Waals surface area contributed by atoms with Crippen LogP contribution in [0.4, 0.5) is 0 Å². The van der Waals surface area contributed by atoms with Crippen LogP contribution in [0.25, 0.3) is 0 Å². The lowest BCUT2D eigenvalue weighted by molar-refractivity contribution is 0.177. The molecular formula is C11H18ClNO3S2. The fraction of sp³-hybridized carbons (Fsp3) is 0.636. The van der Waals surface area contributed by atoms with Crippen LogP contribution in [0.5, 0.6) is 0 Å². The van der Waals surface area contributed by atoms with Gasteiger partial charge in [-0.3, -0.25) is 0 Å². The minimum Gasteiger partial charge on any atom is -0.383 e. The molecule has 1 aromatic rings. The summed E-state index contributed by atoms with van der Waals surface area (Å²) < 4.78 is 30.7. The molecule has 7 heteroatoms. The second-order valence-corrected chi connectivity index (χ2v) is 7.26. The predicted octanol–water partition coefficient (Wildman–Crippen LogP) is 2.16. The third kappa shape index (κ3) is 5.24. The van der Waals surface area contributed by atoms with E-state index in [1.165, 1.54) is 4.31 Å². The van der Waals surface area contributed by atoms with Crippen molar-refractivity contribution in [2.45, 2.75) is 13.0 Å². The number of sulfonamides is 1. The Morgan fingerprint density at radius 1 is 1.50 bits per heavy atom. The Hall–Kier alpha value is -0.140. The van der Waals surface area contributed by atoms with Gasteiger partial charge in [-0.2, -0.15) is 4.31 Å². The van der Waals surface area contributed by atoms with E-state index < -0.39 is 10.0 Å². The summed E-state index contributed by atoms with van der Waals surface area (Å²) in [7, 11) is -1.69. The van der Waals surface area contributed by atoms with Crippen LogP contribution in [0, 0.1) is 0 Å². The van der Waals surface area contributed by atoms with Crippen molar-refractivity contribution in [2.24, 2.45) is 0 Å². The number of ether oxygens (including phenoxy) is 1. The molecule has 0 saturated carbocycles. The van der Waals surface area contributed by atoms with E-state index in [0.29, 0.717) is 32.0 Å². The summed E-state index contributed by atoms with van der Waals surface area (Å²) in [5.74, 6) is 0.446. The SMILES string of the molecule is COCCN(Cc1cccs1)S(=O)(=O)CCCCl. The zero-order chi connectivity index (χ0) is 13.4. The third-order valence-corrected chi connectivity index (χ3v) is 5.42. The Morgan fingerprint density at radius 2 is 2.28 bits per heavy atom. The number of alkyl halides is 1. The molecule has 4 nitrogen and oxygen atoms in total. The average molecular weight is 312 g/mol. The van der Waals surface area contributed by atoms with E-state index in [1.54, 1.807) is 18.4 Å². The second-order valence-electron chi connectivity index (χ2n) is 3.76. The average Bonchev–Trinajstić information content (AvgIpc) is 2.84. The molecule has 0 N–H and O–H groups in total. The Kier molecular flexibility index (Phi) is 7.18. The summed E-state index contributed by atoms with van der Waals surface area (Å²) in [6.07, 6.45) is 0.470. The monoisotopic (exact) mass is 311 g/mol. The van der Waals surface area contributed by atoms with E-state index in [-0.39, 0.29) is 5.75 Å². The van der Waals surface area contributed by atoms with Gasteiger partial charge in [-0.15, -0.1) is 22.9 Å². The normalized spacial score (nSPS) is 12.2. The highest BCUT2D eigenvalue weighted by Crippen LogP contribution is 2.15. The summed E-state index contributed by atoms with van der Waals surface area (Å²) >= 11 is 7.11. The molecule has 0 bridgehead atoms. The number of hydrogen-bond acceptors (Lipinski definition) is 4. The van der Waals surface area contributed by atoms with Crippen LogP contribution in [0.2, 0.25) is 0 Å². The minimum atomic E-state index is -3.26. The van der Waals surface area contributed by atoms with E-state index in [4.69, 9.17) is 16.3 Å². The van der Waals surface area contributed by atoms with Gasteiger partial charge in [-0.1, -0.05) is 6.07 Å². The first kappa shape index (κ1) is 15.9. The van der Waals surface area contributed by atoms with E-state index in [2.05, 4.69) is 0 Å². The first-order chi connectivity index (χ1) is 8.60. The number of nitrogens with zero attached hydrogens (tertiary/aromatic N) is 1. The highest BCUT2D eigenvalue weighted by Gasteiger charge is 2.21. The first-order valence-corrected chi connectivity index (χ1v) is 8.67. The molecule has 0 radical (unpaired) electrons. The van der Waals surface area contributed by atoms with Crippen molar-refractivity contribution in [1.29, 1.82) is 0 Å². The van der Waals surface area contributed by atoms with Crippen LogP contribution in [0.3, 0.4) is 0 Å². The summed E-state index contributed by atoms with van der Waals surface area (Å²) in [6.45, 7) is 1.18. The minimum absolute atomic E-state index is 0.0889. The van der Waals surface area contributed by atoms with Crippen molar-refractivity contribution in [3.8, 4) is 0 Å². The number of halogens is 1. The van der Waals surface area contributed by atoms with Crippen LogP contribution in [-0.4, -0.2) is 44.6 Å².